The summed E-state index contributed by atoms with van der Waals surface area (Å²) in [5.41, 5.74) is 5.40. The van der Waals surface area contributed by atoms with E-state index in [1.54, 1.807) is 24.3 Å². The predicted molar refractivity (Wildman–Crippen MR) is 79.8 cm³/mol. The fourth-order valence-corrected chi connectivity index (χ4v) is 2.14. The van der Waals surface area contributed by atoms with Crippen LogP contribution in [0.3, 0.4) is 0 Å². The van der Waals surface area contributed by atoms with Crippen molar-refractivity contribution in [1.82, 2.24) is 15.4 Å². The van der Waals surface area contributed by atoms with Gasteiger partial charge < -0.3 is 5.11 Å². The van der Waals surface area contributed by atoms with E-state index < -0.39 is 12.0 Å². The number of anilines is 1. The second kappa shape index (κ2) is 7.21. The van der Waals surface area contributed by atoms with E-state index in [4.69, 9.17) is 23.2 Å². The third-order valence-electron chi connectivity index (χ3n) is 2.53. The van der Waals surface area contributed by atoms with Crippen LogP contribution in [0.1, 0.15) is 18.1 Å². The highest BCUT2D eigenvalue weighted by molar-refractivity contribution is 6.34. The van der Waals surface area contributed by atoms with Crippen molar-refractivity contribution in [2.45, 2.75) is 12.5 Å². The van der Waals surface area contributed by atoms with Gasteiger partial charge in [-0.1, -0.05) is 23.2 Å². The minimum atomic E-state index is -1.01. The summed E-state index contributed by atoms with van der Waals surface area (Å²) in [6.45, 7) is 0. The molecule has 6 nitrogen and oxygen atoms in total. The van der Waals surface area contributed by atoms with Gasteiger partial charge in [-0.05, 0) is 29.8 Å². The number of rotatable bonds is 5. The molecule has 2 rings (SSSR count). The first-order valence-electron chi connectivity index (χ1n) is 6.00. The Morgan fingerprint density at radius 3 is 2.43 bits per heavy atom. The van der Waals surface area contributed by atoms with Crippen molar-refractivity contribution in [3.8, 4) is 0 Å². The summed E-state index contributed by atoms with van der Waals surface area (Å²) >= 11 is 11.7. The van der Waals surface area contributed by atoms with Crippen LogP contribution >= 0.6 is 23.2 Å². The number of aromatic nitrogens is 2. The van der Waals surface area contributed by atoms with Crippen LogP contribution in [-0.2, 0) is 4.79 Å². The second-order valence-electron chi connectivity index (χ2n) is 4.17. The lowest BCUT2D eigenvalue weighted by Gasteiger charge is -2.12. The zero-order valence-corrected chi connectivity index (χ0v) is 12.3. The number of nitrogens with zero attached hydrogens (tertiary/aromatic N) is 2. The van der Waals surface area contributed by atoms with E-state index in [1.807, 2.05) is 0 Å². The molecule has 110 valence electrons. The smallest absolute Gasteiger partial charge is 0.241 e. The van der Waals surface area contributed by atoms with Gasteiger partial charge in [-0.15, -0.1) is 0 Å². The molecule has 0 radical (unpaired) electrons. The number of hydrazine groups is 1. The molecule has 8 heteroatoms. The molecule has 1 aromatic heterocycles. The largest absolute Gasteiger partial charge is 0.388 e. The van der Waals surface area contributed by atoms with Gasteiger partial charge in [0.2, 0.25) is 11.9 Å². The molecule has 1 unspecified atom stereocenters. The average molecular weight is 327 g/mol. The molecule has 0 aliphatic carbocycles. The quantitative estimate of drug-likeness (QED) is 0.734. The summed E-state index contributed by atoms with van der Waals surface area (Å²) in [5.74, 6) is -0.169. The maximum Gasteiger partial charge on any atom is 0.241 e. The van der Waals surface area contributed by atoms with Crippen LogP contribution in [0.4, 0.5) is 5.95 Å². The lowest BCUT2D eigenvalue weighted by atomic mass is 10.1. The number of amides is 1. The monoisotopic (exact) mass is 326 g/mol. The topological polar surface area (TPSA) is 87.1 Å². The van der Waals surface area contributed by atoms with E-state index in [0.29, 0.717) is 15.6 Å². The van der Waals surface area contributed by atoms with Gasteiger partial charge >= 0.3 is 0 Å². The second-order valence-corrected chi connectivity index (χ2v) is 5.04. The van der Waals surface area contributed by atoms with Crippen LogP contribution in [-0.4, -0.2) is 21.0 Å². The van der Waals surface area contributed by atoms with E-state index in [2.05, 4.69) is 20.8 Å². The number of carbonyl (C=O) groups is 1. The molecule has 2 aromatic rings. The van der Waals surface area contributed by atoms with Gasteiger partial charge in [0.05, 0.1) is 12.5 Å². The van der Waals surface area contributed by atoms with Crippen molar-refractivity contribution in [3.05, 3.63) is 52.3 Å². The molecule has 1 aromatic carbocycles. The van der Waals surface area contributed by atoms with E-state index >= 15 is 0 Å². The van der Waals surface area contributed by atoms with Crippen molar-refractivity contribution in [2.24, 2.45) is 0 Å². The first-order chi connectivity index (χ1) is 10.0. The summed E-state index contributed by atoms with van der Waals surface area (Å²) in [6, 6.07) is 6.31. The average Bonchev–Trinajstić information content (AvgIpc) is 2.45. The molecule has 1 heterocycles. The molecular formula is C13H12Cl2N4O2. The summed E-state index contributed by atoms with van der Waals surface area (Å²) < 4.78 is 0. The zero-order valence-electron chi connectivity index (χ0n) is 10.8. The van der Waals surface area contributed by atoms with Crippen molar-refractivity contribution < 1.29 is 9.90 Å². The number of carbonyl (C=O) groups excluding carboxylic acids is 1. The fourth-order valence-electron chi connectivity index (χ4n) is 1.60. The highest BCUT2D eigenvalue weighted by Crippen LogP contribution is 2.25. The van der Waals surface area contributed by atoms with Gasteiger partial charge in [-0.2, -0.15) is 0 Å². The zero-order chi connectivity index (χ0) is 15.2. The molecule has 0 saturated heterocycles. The first kappa shape index (κ1) is 15.5. The normalized spacial score (nSPS) is 11.8. The lowest BCUT2D eigenvalue weighted by molar-refractivity contribution is -0.122. The lowest BCUT2D eigenvalue weighted by Crippen LogP contribution is -2.31. The highest BCUT2D eigenvalue weighted by Gasteiger charge is 2.14. The number of aliphatic hydroxyl groups is 1. The van der Waals surface area contributed by atoms with Gasteiger partial charge in [0, 0.05) is 22.4 Å². The Hall–Kier alpha value is -1.89. The fraction of sp³-hybridized carbons (Fsp3) is 0.154. The third kappa shape index (κ3) is 4.86. The highest BCUT2D eigenvalue weighted by atomic mass is 35.5. The van der Waals surface area contributed by atoms with Gasteiger partial charge in [0.25, 0.3) is 0 Å². The molecule has 0 saturated carbocycles. The Morgan fingerprint density at radius 2 is 1.81 bits per heavy atom. The molecule has 0 fully saturated rings. The summed E-state index contributed by atoms with van der Waals surface area (Å²) in [7, 11) is 0. The number of hydrogen-bond acceptors (Lipinski definition) is 5. The number of benzene rings is 1. The number of nitrogens with one attached hydrogen (secondary N) is 2. The van der Waals surface area contributed by atoms with Crippen LogP contribution < -0.4 is 10.9 Å². The van der Waals surface area contributed by atoms with Gasteiger partial charge in [0.15, 0.2) is 0 Å². The van der Waals surface area contributed by atoms with E-state index in [1.165, 1.54) is 12.4 Å². The van der Waals surface area contributed by atoms with Gasteiger partial charge in [0.1, 0.15) is 0 Å². The van der Waals surface area contributed by atoms with E-state index in [9.17, 15) is 9.90 Å². The minimum absolute atomic E-state index is 0.156. The van der Waals surface area contributed by atoms with Gasteiger partial charge in [-0.25, -0.2) is 9.97 Å². The van der Waals surface area contributed by atoms with E-state index in [0.717, 1.165) is 0 Å². The maximum absolute atomic E-state index is 11.7. The standard InChI is InChI=1S/C13H12Cl2N4O2/c14-9-4-8(5-10(15)6-9)11(20)7-12(21)18-19-13-16-2-1-3-17-13/h1-6,11,20H,7H2,(H,18,21)(H,16,17,19). The number of hydrogen-bond donors (Lipinski definition) is 3. The molecule has 0 bridgehead atoms. The molecule has 0 spiro atoms. The van der Waals surface area contributed by atoms with Crippen LogP contribution in [0.15, 0.2) is 36.7 Å². The van der Waals surface area contributed by atoms with E-state index in [-0.39, 0.29) is 12.4 Å². The van der Waals surface area contributed by atoms with Crippen molar-refractivity contribution in [2.75, 3.05) is 5.43 Å². The first-order valence-corrected chi connectivity index (χ1v) is 6.76. The van der Waals surface area contributed by atoms with Crippen LogP contribution in [0.5, 0.6) is 0 Å². The summed E-state index contributed by atoms with van der Waals surface area (Å²) in [5, 5.41) is 10.8. The Balaban J connectivity index is 1.90. The number of aliphatic hydroxyl groups excluding tert-OH is 1. The summed E-state index contributed by atoms with van der Waals surface area (Å²) in [6.07, 6.45) is 1.89. The van der Waals surface area contributed by atoms with Crippen LogP contribution in [0.2, 0.25) is 10.0 Å². The predicted octanol–water partition coefficient (Wildman–Crippen LogP) is 2.35. The van der Waals surface area contributed by atoms with Crippen molar-refractivity contribution in [1.29, 1.82) is 0 Å². The SMILES string of the molecule is O=C(CC(O)c1cc(Cl)cc(Cl)c1)NNc1ncccn1. The van der Waals surface area contributed by atoms with Gasteiger partial charge in [-0.3, -0.25) is 15.6 Å². The molecule has 0 aliphatic heterocycles. The van der Waals surface area contributed by atoms with Crippen molar-refractivity contribution >= 4 is 35.1 Å². The molecule has 21 heavy (non-hydrogen) atoms. The Morgan fingerprint density at radius 1 is 1.19 bits per heavy atom. The maximum atomic E-state index is 11.7. The molecule has 1 amide bonds. The number of halogens is 2. The Bertz CT molecular complexity index is 605. The Labute approximate surface area is 131 Å². The molecule has 0 aliphatic rings. The molecule has 3 N–H and O–H groups in total. The van der Waals surface area contributed by atoms with Crippen LogP contribution in [0, 0.1) is 0 Å². The Kier molecular flexibility index (Phi) is 5.32. The molecule has 1 atom stereocenters. The van der Waals surface area contributed by atoms with Crippen LogP contribution in [0.25, 0.3) is 0 Å². The van der Waals surface area contributed by atoms with Crippen molar-refractivity contribution in [3.63, 3.8) is 0 Å². The third-order valence-corrected chi connectivity index (χ3v) is 2.96. The summed E-state index contributed by atoms with van der Waals surface area (Å²) in [4.78, 5) is 19.5. The molecular weight excluding hydrogens is 315 g/mol. The minimum Gasteiger partial charge on any atom is -0.388 e.